The van der Waals surface area contributed by atoms with E-state index in [-0.39, 0.29) is 11.9 Å². The number of carbonyl (C=O) groups is 1. The molecule has 4 heteroatoms. The van der Waals surface area contributed by atoms with Gasteiger partial charge in [0.25, 0.3) is 0 Å². The van der Waals surface area contributed by atoms with Crippen molar-refractivity contribution < 1.29 is 9.53 Å². The van der Waals surface area contributed by atoms with Crippen LogP contribution in [0.15, 0.2) is 0 Å². The highest BCUT2D eigenvalue weighted by Crippen LogP contribution is 2.06. The Balaban J connectivity index is 2.52. The summed E-state index contributed by atoms with van der Waals surface area (Å²) < 4.78 is 5.22. The van der Waals surface area contributed by atoms with Crippen LogP contribution in [0.25, 0.3) is 0 Å². The molecule has 1 heterocycles. The maximum atomic E-state index is 12.0. The van der Waals surface area contributed by atoms with E-state index in [0.29, 0.717) is 13.2 Å². The molecule has 4 nitrogen and oxygen atoms in total. The molecule has 0 spiro atoms. The summed E-state index contributed by atoms with van der Waals surface area (Å²) in [7, 11) is 3.90. The number of nitrogens with zero attached hydrogens (tertiary/aromatic N) is 2. The average molecular weight is 200 g/mol. The van der Waals surface area contributed by atoms with E-state index < -0.39 is 0 Å². The number of rotatable bonds is 3. The lowest BCUT2D eigenvalue weighted by atomic mass is 10.1. The molecule has 1 aliphatic heterocycles. The van der Waals surface area contributed by atoms with Gasteiger partial charge in [0.15, 0.2) is 0 Å². The second kappa shape index (κ2) is 5.32. The van der Waals surface area contributed by atoms with Gasteiger partial charge in [-0.1, -0.05) is 6.92 Å². The lowest BCUT2D eigenvalue weighted by molar-refractivity contribution is -0.140. The van der Waals surface area contributed by atoms with E-state index in [1.165, 1.54) is 0 Å². The first-order chi connectivity index (χ1) is 6.66. The van der Waals surface area contributed by atoms with E-state index in [4.69, 9.17) is 4.74 Å². The van der Waals surface area contributed by atoms with E-state index in [1.54, 1.807) is 0 Å². The Morgan fingerprint density at radius 2 is 2.00 bits per heavy atom. The summed E-state index contributed by atoms with van der Waals surface area (Å²) in [5, 5.41) is 0. The highest BCUT2D eigenvalue weighted by Gasteiger charge is 2.25. The summed E-state index contributed by atoms with van der Waals surface area (Å²) in [5.74, 6) is 0.237. The molecule has 82 valence electrons. The Morgan fingerprint density at radius 1 is 1.43 bits per heavy atom. The molecular formula is C10H20N2O2. The van der Waals surface area contributed by atoms with Crippen molar-refractivity contribution in [1.82, 2.24) is 9.80 Å². The minimum atomic E-state index is 0.0214. The molecule has 1 saturated heterocycles. The first-order valence-electron chi connectivity index (χ1n) is 5.19. The minimum absolute atomic E-state index is 0.0214. The molecule has 0 aromatic carbocycles. The second-order valence-electron chi connectivity index (χ2n) is 3.83. The monoisotopic (exact) mass is 200 g/mol. The number of likely N-dealkylation sites (N-methyl/N-ethyl adjacent to an activating group) is 1. The van der Waals surface area contributed by atoms with E-state index >= 15 is 0 Å². The molecule has 1 rings (SSSR count). The molecule has 1 fully saturated rings. The second-order valence-corrected chi connectivity index (χ2v) is 3.83. The zero-order chi connectivity index (χ0) is 10.6. The molecule has 0 bridgehead atoms. The first kappa shape index (κ1) is 11.5. The zero-order valence-electron chi connectivity index (χ0n) is 9.32. The number of hydrogen-bond acceptors (Lipinski definition) is 3. The standard InChI is InChI=1S/C10H20N2O2/c1-4-9(11(2)3)10(13)12-5-7-14-8-6-12/h9H,4-8H2,1-3H3. The highest BCUT2D eigenvalue weighted by molar-refractivity contribution is 5.81. The fourth-order valence-corrected chi connectivity index (χ4v) is 1.76. The number of amides is 1. The minimum Gasteiger partial charge on any atom is -0.378 e. The summed E-state index contributed by atoms with van der Waals surface area (Å²) in [4.78, 5) is 15.9. The summed E-state index contributed by atoms with van der Waals surface area (Å²) >= 11 is 0. The Hall–Kier alpha value is -0.610. The van der Waals surface area contributed by atoms with E-state index in [1.807, 2.05) is 30.8 Å². The van der Waals surface area contributed by atoms with E-state index in [9.17, 15) is 4.79 Å². The van der Waals surface area contributed by atoms with Crippen LogP contribution in [0.1, 0.15) is 13.3 Å². The molecule has 0 radical (unpaired) electrons. The third kappa shape index (κ3) is 2.69. The molecule has 0 N–H and O–H groups in total. The summed E-state index contributed by atoms with van der Waals surface area (Å²) in [6, 6.07) is 0.0214. The van der Waals surface area contributed by atoms with Crippen LogP contribution >= 0.6 is 0 Å². The first-order valence-corrected chi connectivity index (χ1v) is 5.19. The van der Waals surface area contributed by atoms with Crippen molar-refractivity contribution in [2.24, 2.45) is 0 Å². The Morgan fingerprint density at radius 3 is 2.43 bits per heavy atom. The number of morpholine rings is 1. The van der Waals surface area contributed by atoms with Gasteiger partial charge in [-0.25, -0.2) is 0 Å². The average Bonchev–Trinajstić information content (AvgIpc) is 2.19. The molecule has 0 aliphatic carbocycles. The van der Waals surface area contributed by atoms with Gasteiger partial charge in [0.2, 0.25) is 5.91 Å². The third-order valence-electron chi connectivity index (χ3n) is 2.62. The lowest BCUT2D eigenvalue weighted by Gasteiger charge is -2.32. The maximum absolute atomic E-state index is 12.0. The fraction of sp³-hybridized carbons (Fsp3) is 0.900. The van der Waals surface area contributed by atoms with Crippen molar-refractivity contribution in [3.8, 4) is 0 Å². The SMILES string of the molecule is CCC(C(=O)N1CCOCC1)N(C)C. The quantitative estimate of drug-likeness (QED) is 0.652. The Bertz CT molecular complexity index is 189. The Kier molecular flexibility index (Phi) is 4.35. The van der Waals surface area contributed by atoms with Gasteiger partial charge < -0.3 is 9.64 Å². The molecule has 0 aromatic rings. The maximum Gasteiger partial charge on any atom is 0.240 e. The van der Waals surface area contributed by atoms with Gasteiger partial charge in [-0.05, 0) is 20.5 Å². The summed E-state index contributed by atoms with van der Waals surface area (Å²) in [6.45, 7) is 4.88. The van der Waals surface area contributed by atoms with Crippen molar-refractivity contribution in [2.45, 2.75) is 19.4 Å². The van der Waals surface area contributed by atoms with Gasteiger partial charge in [-0.3, -0.25) is 9.69 Å². The molecule has 1 aliphatic rings. The van der Waals surface area contributed by atoms with Crippen molar-refractivity contribution in [2.75, 3.05) is 40.4 Å². The molecule has 0 saturated carbocycles. The molecule has 1 atom stereocenters. The van der Waals surface area contributed by atoms with E-state index in [0.717, 1.165) is 19.5 Å². The van der Waals surface area contributed by atoms with E-state index in [2.05, 4.69) is 0 Å². The summed E-state index contributed by atoms with van der Waals surface area (Å²) in [5.41, 5.74) is 0. The van der Waals surface area contributed by atoms with Gasteiger partial charge in [-0.15, -0.1) is 0 Å². The van der Waals surface area contributed by atoms with Crippen molar-refractivity contribution in [3.63, 3.8) is 0 Å². The smallest absolute Gasteiger partial charge is 0.240 e. The van der Waals surface area contributed by atoms with Crippen LogP contribution in [0, 0.1) is 0 Å². The van der Waals surface area contributed by atoms with Gasteiger partial charge in [0.05, 0.1) is 19.3 Å². The normalized spacial score (nSPS) is 19.9. The lowest BCUT2D eigenvalue weighted by Crippen LogP contribution is -2.49. The third-order valence-corrected chi connectivity index (χ3v) is 2.62. The van der Waals surface area contributed by atoms with Gasteiger partial charge in [-0.2, -0.15) is 0 Å². The van der Waals surface area contributed by atoms with Crippen LogP contribution in [0.3, 0.4) is 0 Å². The van der Waals surface area contributed by atoms with Crippen molar-refractivity contribution in [1.29, 1.82) is 0 Å². The van der Waals surface area contributed by atoms with Crippen LogP contribution in [0.4, 0.5) is 0 Å². The van der Waals surface area contributed by atoms with Gasteiger partial charge in [0.1, 0.15) is 0 Å². The molecule has 0 aromatic heterocycles. The van der Waals surface area contributed by atoms with Crippen LogP contribution in [0.5, 0.6) is 0 Å². The van der Waals surface area contributed by atoms with Gasteiger partial charge >= 0.3 is 0 Å². The largest absolute Gasteiger partial charge is 0.378 e. The molecular weight excluding hydrogens is 180 g/mol. The Labute approximate surface area is 85.8 Å². The van der Waals surface area contributed by atoms with Crippen LogP contribution in [-0.4, -0.2) is 62.1 Å². The topological polar surface area (TPSA) is 32.8 Å². The molecule has 14 heavy (non-hydrogen) atoms. The highest BCUT2D eigenvalue weighted by atomic mass is 16.5. The van der Waals surface area contributed by atoms with Crippen LogP contribution < -0.4 is 0 Å². The van der Waals surface area contributed by atoms with Gasteiger partial charge in [0, 0.05) is 13.1 Å². The number of hydrogen-bond donors (Lipinski definition) is 0. The number of carbonyl (C=O) groups excluding carboxylic acids is 1. The fourth-order valence-electron chi connectivity index (χ4n) is 1.76. The predicted molar refractivity (Wildman–Crippen MR) is 55.2 cm³/mol. The predicted octanol–water partition coefficient (Wildman–Crippen LogP) is 0.185. The number of ether oxygens (including phenoxy) is 1. The summed E-state index contributed by atoms with van der Waals surface area (Å²) in [6.07, 6.45) is 0.864. The molecule has 1 amide bonds. The van der Waals surface area contributed by atoms with Crippen molar-refractivity contribution in [3.05, 3.63) is 0 Å². The van der Waals surface area contributed by atoms with Crippen molar-refractivity contribution >= 4 is 5.91 Å². The molecule has 1 unspecified atom stereocenters. The van der Waals surface area contributed by atoms with Crippen LogP contribution in [-0.2, 0) is 9.53 Å². The van der Waals surface area contributed by atoms with Crippen LogP contribution in [0.2, 0.25) is 0 Å². The zero-order valence-corrected chi connectivity index (χ0v) is 9.32.